The molecule has 2 unspecified atom stereocenters. The van der Waals surface area contributed by atoms with Crippen LogP contribution in [-0.4, -0.2) is 35.4 Å². The SMILES string of the molecule is Cc1noc(CCNC2CC(OCC(C)C)C2(C)C)n1. The summed E-state index contributed by atoms with van der Waals surface area (Å²) in [6.07, 6.45) is 2.24. The first-order valence-corrected chi connectivity index (χ1v) is 7.53. The van der Waals surface area contributed by atoms with E-state index in [-0.39, 0.29) is 5.41 Å². The Morgan fingerprint density at radius 3 is 2.75 bits per heavy atom. The molecular weight excluding hydrogens is 254 g/mol. The minimum atomic E-state index is 0.194. The van der Waals surface area contributed by atoms with E-state index < -0.39 is 0 Å². The molecule has 114 valence electrons. The lowest BCUT2D eigenvalue weighted by atomic mass is 9.64. The van der Waals surface area contributed by atoms with E-state index in [1.165, 1.54) is 0 Å². The molecular formula is C15H27N3O2. The molecule has 2 atom stereocenters. The molecule has 1 aromatic rings. The highest BCUT2D eigenvalue weighted by Gasteiger charge is 2.48. The molecule has 1 saturated carbocycles. The lowest BCUT2D eigenvalue weighted by Gasteiger charge is -2.52. The second-order valence-electron chi connectivity index (χ2n) is 6.76. The van der Waals surface area contributed by atoms with Crippen LogP contribution in [0.15, 0.2) is 4.52 Å². The molecule has 2 rings (SSSR count). The summed E-state index contributed by atoms with van der Waals surface area (Å²) in [5, 5.41) is 7.37. The molecule has 5 heteroatoms. The van der Waals surface area contributed by atoms with Crippen molar-refractivity contribution in [3.63, 3.8) is 0 Å². The summed E-state index contributed by atoms with van der Waals surface area (Å²) >= 11 is 0. The Balaban J connectivity index is 1.70. The van der Waals surface area contributed by atoms with E-state index in [4.69, 9.17) is 9.26 Å². The van der Waals surface area contributed by atoms with E-state index in [0.717, 1.165) is 26.0 Å². The highest BCUT2D eigenvalue weighted by atomic mass is 16.5. The maximum absolute atomic E-state index is 5.97. The molecule has 0 radical (unpaired) electrons. The largest absolute Gasteiger partial charge is 0.377 e. The van der Waals surface area contributed by atoms with Crippen molar-refractivity contribution in [2.45, 2.75) is 59.6 Å². The number of nitrogens with one attached hydrogen (secondary N) is 1. The van der Waals surface area contributed by atoms with Crippen LogP contribution in [0.25, 0.3) is 0 Å². The molecule has 0 saturated heterocycles. The zero-order valence-electron chi connectivity index (χ0n) is 13.3. The minimum Gasteiger partial charge on any atom is -0.377 e. The van der Waals surface area contributed by atoms with Gasteiger partial charge in [0.25, 0.3) is 0 Å². The van der Waals surface area contributed by atoms with Crippen molar-refractivity contribution in [2.75, 3.05) is 13.2 Å². The van der Waals surface area contributed by atoms with Crippen molar-refractivity contribution in [1.82, 2.24) is 15.5 Å². The van der Waals surface area contributed by atoms with Gasteiger partial charge in [-0.15, -0.1) is 0 Å². The maximum Gasteiger partial charge on any atom is 0.227 e. The first kappa shape index (κ1) is 15.4. The van der Waals surface area contributed by atoms with Crippen LogP contribution in [0.5, 0.6) is 0 Å². The van der Waals surface area contributed by atoms with Crippen LogP contribution in [0.3, 0.4) is 0 Å². The van der Waals surface area contributed by atoms with Gasteiger partial charge in [0.05, 0.1) is 6.10 Å². The van der Waals surface area contributed by atoms with Gasteiger partial charge in [0.15, 0.2) is 5.82 Å². The number of nitrogens with zero attached hydrogens (tertiary/aromatic N) is 2. The third-order valence-electron chi connectivity index (χ3n) is 4.11. The third kappa shape index (κ3) is 3.58. The molecule has 1 aromatic heterocycles. The summed E-state index contributed by atoms with van der Waals surface area (Å²) in [6.45, 7) is 12.5. The van der Waals surface area contributed by atoms with Gasteiger partial charge in [0.1, 0.15) is 0 Å². The van der Waals surface area contributed by atoms with Gasteiger partial charge in [-0.25, -0.2) is 0 Å². The summed E-state index contributed by atoms with van der Waals surface area (Å²) in [6, 6.07) is 0.503. The van der Waals surface area contributed by atoms with Crippen molar-refractivity contribution < 1.29 is 9.26 Å². The van der Waals surface area contributed by atoms with E-state index in [0.29, 0.717) is 29.8 Å². The molecule has 1 aliphatic carbocycles. The van der Waals surface area contributed by atoms with E-state index in [1.54, 1.807) is 0 Å². The molecule has 0 amide bonds. The van der Waals surface area contributed by atoms with Crippen molar-refractivity contribution in [2.24, 2.45) is 11.3 Å². The summed E-state index contributed by atoms with van der Waals surface area (Å²) in [5.41, 5.74) is 0.194. The fourth-order valence-electron chi connectivity index (χ4n) is 2.62. The summed E-state index contributed by atoms with van der Waals surface area (Å²) in [4.78, 5) is 4.21. The smallest absolute Gasteiger partial charge is 0.227 e. The number of hydrogen-bond donors (Lipinski definition) is 1. The van der Waals surface area contributed by atoms with Gasteiger partial charge in [-0.05, 0) is 19.3 Å². The number of hydrogen-bond acceptors (Lipinski definition) is 5. The van der Waals surface area contributed by atoms with Gasteiger partial charge >= 0.3 is 0 Å². The molecule has 0 aromatic carbocycles. The molecule has 5 nitrogen and oxygen atoms in total. The Morgan fingerprint density at radius 2 is 2.20 bits per heavy atom. The van der Waals surface area contributed by atoms with Crippen LogP contribution in [0.1, 0.15) is 45.8 Å². The Hall–Kier alpha value is -0.940. The standard InChI is InChI=1S/C15H27N3O2/c1-10(2)9-19-13-8-12(15(13,4)5)16-7-6-14-17-11(3)18-20-14/h10,12-13,16H,6-9H2,1-5H3. The van der Waals surface area contributed by atoms with Gasteiger partial charge in [-0.3, -0.25) is 0 Å². The monoisotopic (exact) mass is 281 g/mol. The molecule has 0 bridgehead atoms. The van der Waals surface area contributed by atoms with Crippen LogP contribution in [-0.2, 0) is 11.2 Å². The summed E-state index contributed by atoms with van der Waals surface area (Å²) in [5.74, 6) is 2.00. The average molecular weight is 281 g/mol. The van der Waals surface area contributed by atoms with E-state index in [1.807, 2.05) is 6.92 Å². The van der Waals surface area contributed by atoms with E-state index in [9.17, 15) is 0 Å². The molecule has 20 heavy (non-hydrogen) atoms. The van der Waals surface area contributed by atoms with E-state index >= 15 is 0 Å². The first-order chi connectivity index (χ1) is 9.39. The van der Waals surface area contributed by atoms with Crippen LogP contribution >= 0.6 is 0 Å². The lowest BCUT2D eigenvalue weighted by molar-refractivity contribution is -0.123. The Labute approximate surface area is 121 Å². The number of ether oxygens (including phenoxy) is 1. The predicted molar refractivity (Wildman–Crippen MR) is 77.5 cm³/mol. The molecule has 0 aliphatic heterocycles. The predicted octanol–water partition coefficient (Wildman–Crippen LogP) is 2.35. The molecule has 0 spiro atoms. The second-order valence-corrected chi connectivity index (χ2v) is 6.76. The van der Waals surface area contributed by atoms with Crippen LogP contribution in [0.4, 0.5) is 0 Å². The van der Waals surface area contributed by atoms with E-state index in [2.05, 4.69) is 43.2 Å². The minimum absolute atomic E-state index is 0.194. The second kappa shape index (κ2) is 6.22. The zero-order chi connectivity index (χ0) is 14.8. The highest BCUT2D eigenvalue weighted by Crippen LogP contribution is 2.42. The van der Waals surface area contributed by atoms with Crippen LogP contribution < -0.4 is 5.32 Å². The Morgan fingerprint density at radius 1 is 1.45 bits per heavy atom. The molecule has 1 N–H and O–H groups in total. The number of aromatic nitrogens is 2. The zero-order valence-corrected chi connectivity index (χ0v) is 13.3. The topological polar surface area (TPSA) is 60.2 Å². The highest BCUT2D eigenvalue weighted by molar-refractivity contribution is 5.03. The summed E-state index contributed by atoms with van der Waals surface area (Å²) < 4.78 is 11.1. The van der Waals surface area contributed by atoms with Crippen molar-refractivity contribution in [1.29, 1.82) is 0 Å². The Bertz CT molecular complexity index is 429. The van der Waals surface area contributed by atoms with Gasteiger partial charge in [0.2, 0.25) is 5.89 Å². The van der Waals surface area contributed by atoms with Gasteiger partial charge in [-0.2, -0.15) is 4.98 Å². The fourth-order valence-corrected chi connectivity index (χ4v) is 2.62. The lowest BCUT2D eigenvalue weighted by Crippen LogP contribution is -2.61. The van der Waals surface area contributed by atoms with Gasteiger partial charge < -0.3 is 14.6 Å². The molecule has 1 heterocycles. The summed E-state index contributed by atoms with van der Waals surface area (Å²) in [7, 11) is 0. The van der Waals surface area contributed by atoms with Crippen LogP contribution in [0.2, 0.25) is 0 Å². The van der Waals surface area contributed by atoms with Gasteiger partial charge in [-0.1, -0.05) is 32.9 Å². The van der Waals surface area contributed by atoms with Crippen LogP contribution in [0, 0.1) is 18.3 Å². The number of aryl methyl sites for hydroxylation is 1. The quantitative estimate of drug-likeness (QED) is 0.831. The van der Waals surface area contributed by atoms with Crippen molar-refractivity contribution in [3.8, 4) is 0 Å². The van der Waals surface area contributed by atoms with Crippen molar-refractivity contribution >= 4 is 0 Å². The third-order valence-corrected chi connectivity index (χ3v) is 4.11. The Kier molecular flexibility index (Phi) is 4.81. The van der Waals surface area contributed by atoms with Crippen molar-refractivity contribution in [3.05, 3.63) is 11.7 Å². The maximum atomic E-state index is 5.97. The average Bonchev–Trinajstić information content (AvgIpc) is 2.77. The normalized spacial score (nSPS) is 24.9. The number of rotatable bonds is 7. The molecule has 1 aliphatic rings. The fraction of sp³-hybridized carbons (Fsp3) is 0.867. The first-order valence-electron chi connectivity index (χ1n) is 7.53. The van der Waals surface area contributed by atoms with Gasteiger partial charge in [0, 0.05) is 31.0 Å². The molecule has 1 fully saturated rings.